The second-order valence-electron chi connectivity index (χ2n) is 3.65. The number of hydrogen-bond donors (Lipinski definition) is 1. The van der Waals surface area contributed by atoms with Crippen LogP contribution in [0.25, 0.3) is 0 Å². The van der Waals surface area contributed by atoms with Crippen molar-refractivity contribution in [3.05, 3.63) is 0 Å². The van der Waals surface area contributed by atoms with E-state index in [-0.39, 0.29) is 24.7 Å². The molecule has 0 aliphatic carbocycles. The van der Waals surface area contributed by atoms with E-state index in [1.165, 1.54) is 0 Å². The number of hydrogen-bond acceptors (Lipinski definition) is 3. The van der Waals surface area contributed by atoms with E-state index in [1.807, 2.05) is 6.92 Å². The van der Waals surface area contributed by atoms with Gasteiger partial charge in [-0.25, -0.2) is 4.79 Å². The molecule has 1 rings (SSSR count). The Bertz CT molecular complexity index is 271. The van der Waals surface area contributed by atoms with Crippen molar-refractivity contribution < 1.29 is 19.5 Å². The van der Waals surface area contributed by atoms with Crippen LogP contribution in [0.15, 0.2) is 0 Å². The van der Waals surface area contributed by atoms with Gasteiger partial charge >= 0.3 is 5.97 Å². The zero-order chi connectivity index (χ0) is 11.4. The van der Waals surface area contributed by atoms with Gasteiger partial charge in [-0.3, -0.25) is 14.5 Å². The fourth-order valence-corrected chi connectivity index (χ4v) is 1.70. The lowest BCUT2D eigenvalue weighted by Crippen LogP contribution is -2.44. The van der Waals surface area contributed by atoms with Crippen LogP contribution in [0.3, 0.4) is 0 Å². The highest BCUT2D eigenvalue weighted by Gasteiger charge is 2.38. The van der Waals surface area contributed by atoms with Crippen molar-refractivity contribution in [2.24, 2.45) is 0 Å². The minimum Gasteiger partial charge on any atom is -0.480 e. The molecule has 0 radical (unpaired) electrons. The van der Waals surface area contributed by atoms with Gasteiger partial charge in [0.15, 0.2) is 0 Å². The number of rotatable bonds is 5. The van der Waals surface area contributed by atoms with E-state index >= 15 is 0 Å². The lowest BCUT2D eigenvalue weighted by Gasteiger charge is -2.22. The fourth-order valence-electron chi connectivity index (χ4n) is 1.70. The minimum absolute atomic E-state index is 0.148. The first-order valence-corrected chi connectivity index (χ1v) is 5.15. The van der Waals surface area contributed by atoms with Crippen molar-refractivity contribution in [1.29, 1.82) is 0 Å². The number of carbonyl (C=O) groups excluding carboxylic acids is 2. The summed E-state index contributed by atoms with van der Waals surface area (Å²) in [5.41, 5.74) is 0. The van der Waals surface area contributed by atoms with Crippen molar-refractivity contribution in [3.8, 4) is 0 Å². The van der Waals surface area contributed by atoms with Crippen LogP contribution in [0.2, 0.25) is 0 Å². The predicted molar refractivity (Wildman–Crippen MR) is 52.0 cm³/mol. The summed E-state index contributed by atoms with van der Waals surface area (Å²) in [7, 11) is 0. The molecule has 84 valence electrons. The molecule has 1 saturated heterocycles. The highest BCUT2D eigenvalue weighted by molar-refractivity contribution is 6.04. The highest BCUT2D eigenvalue weighted by atomic mass is 16.4. The number of likely N-dealkylation sites (tertiary alicyclic amines) is 1. The first-order chi connectivity index (χ1) is 7.07. The average molecular weight is 213 g/mol. The molecule has 1 fully saturated rings. The third kappa shape index (κ3) is 2.55. The first-order valence-electron chi connectivity index (χ1n) is 5.15. The number of carboxylic acid groups (broad SMARTS) is 1. The highest BCUT2D eigenvalue weighted by Crippen LogP contribution is 2.19. The van der Waals surface area contributed by atoms with Crippen molar-refractivity contribution in [2.45, 2.75) is 45.1 Å². The van der Waals surface area contributed by atoms with Crippen LogP contribution in [-0.4, -0.2) is 33.8 Å². The summed E-state index contributed by atoms with van der Waals surface area (Å²) >= 11 is 0. The Morgan fingerprint density at radius 2 is 1.93 bits per heavy atom. The molecule has 0 aromatic heterocycles. The second kappa shape index (κ2) is 4.91. The molecule has 0 aromatic carbocycles. The third-order valence-corrected chi connectivity index (χ3v) is 2.52. The summed E-state index contributed by atoms with van der Waals surface area (Å²) in [6.07, 6.45) is 2.20. The van der Waals surface area contributed by atoms with Crippen LogP contribution >= 0.6 is 0 Å². The molecular weight excluding hydrogens is 198 g/mol. The smallest absolute Gasteiger partial charge is 0.326 e. The van der Waals surface area contributed by atoms with Crippen LogP contribution in [0.1, 0.15) is 39.0 Å². The first kappa shape index (κ1) is 11.7. The summed E-state index contributed by atoms with van der Waals surface area (Å²) in [4.78, 5) is 34.5. The van der Waals surface area contributed by atoms with Crippen LogP contribution in [0.4, 0.5) is 0 Å². The van der Waals surface area contributed by atoms with Crippen LogP contribution in [-0.2, 0) is 14.4 Å². The molecule has 2 amide bonds. The number of carboxylic acids is 1. The normalized spacial score (nSPS) is 18.3. The Hall–Kier alpha value is -1.39. The topological polar surface area (TPSA) is 74.7 Å². The lowest BCUT2D eigenvalue weighted by atomic mass is 10.1. The van der Waals surface area contributed by atoms with Gasteiger partial charge in [0, 0.05) is 12.8 Å². The Labute approximate surface area is 88.1 Å². The number of unbranched alkanes of at least 4 members (excludes halogenated alkanes) is 1. The van der Waals surface area contributed by atoms with Gasteiger partial charge < -0.3 is 5.11 Å². The van der Waals surface area contributed by atoms with E-state index in [4.69, 9.17) is 5.11 Å². The molecule has 0 aromatic rings. The summed E-state index contributed by atoms with van der Waals surface area (Å²) in [6.45, 7) is 1.94. The van der Waals surface area contributed by atoms with E-state index in [2.05, 4.69) is 0 Å². The van der Waals surface area contributed by atoms with Gasteiger partial charge in [-0.2, -0.15) is 0 Å². The third-order valence-electron chi connectivity index (χ3n) is 2.52. The molecule has 1 atom stereocenters. The monoisotopic (exact) mass is 213 g/mol. The zero-order valence-electron chi connectivity index (χ0n) is 8.73. The molecule has 1 unspecified atom stereocenters. The van der Waals surface area contributed by atoms with Gasteiger partial charge in [-0.1, -0.05) is 19.8 Å². The predicted octanol–water partition coefficient (Wildman–Crippen LogP) is 0.779. The largest absolute Gasteiger partial charge is 0.480 e. The molecular formula is C10H15NO4. The number of nitrogens with zero attached hydrogens (tertiary/aromatic N) is 1. The van der Waals surface area contributed by atoms with Gasteiger partial charge in [0.1, 0.15) is 6.04 Å². The number of amides is 2. The van der Waals surface area contributed by atoms with Crippen molar-refractivity contribution in [1.82, 2.24) is 4.90 Å². The molecule has 1 N–H and O–H groups in total. The number of aliphatic carboxylic acids is 1. The molecule has 1 aliphatic rings. The standard InChI is InChI=1S/C10H15NO4/c1-2-3-4-7(10(14)15)11-8(12)5-6-9(11)13/h7H,2-6H2,1H3,(H,14,15). The second-order valence-corrected chi connectivity index (χ2v) is 3.65. The van der Waals surface area contributed by atoms with E-state index in [1.54, 1.807) is 0 Å². The van der Waals surface area contributed by atoms with Crippen molar-refractivity contribution in [3.63, 3.8) is 0 Å². The Morgan fingerprint density at radius 3 is 2.33 bits per heavy atom. The Morgan fingerprint density at radius 1 is 1.40 bits per heavy atom. The lowest BCUT2D eigenvalue weighted by molar-refractivity contribution is -0.154. The number of imide groups is 1. The summed E-state index contributed by atoms with van der Waals surface area (Å²) in [5, 5.41) is 8.95. The summed E-state index contributed by atoms with van der Waals surface area (Å²) in [6, 6.07) is -0.965. The molecule has 0 spiro atoms. The van der Waals surface area contributed by atoms with E-state index in [9.17, 15) is 14.4 Å². The Balaban J connectivity index is 2.74. The molecule has 5 nitrogen and oxygen atoms in total. The molecule has 1 heterocycles. The molecule has 5 heteroatoms. The van der Waals surface area contributed by atoms with Crippen molar-refractivity contribution >= 4 is 17.8 Å². The van der Waals surface area contributed by atoms with E-state index in [0.29, 0.717) is 12.8 Å². The molecule has 0 saturated carbocycles. The van der Waals surface area contributed by atoms with E-state index < -0.39 is 12.0 Å². The molecule has 0 bridgehead atoms. The average Bonchev–Trinajstić information content (AvgIpc) is 2.49. The molecule has 1 aliphatic heterocycles. The van der Waals surface area contributed by atoms with Gasteiger partial charge in [0.2, 0.25) is 11.8 Å². The van der Waals surface area contributed by atoms with Crippen molar-refractivity contribution in [2.75, 3.05) is 0 Å². The maximum atomic E-state index is 11.3. The summed E-state index contributed by atoms with van der Waals surface area (Å²) in [5.74, 6) is -1.81. The van der Waals surface area contributed by atoms with Gasteiger partial charge in [0.05, 0.1) is 0 Å². The van der Waals surface area contributed by atoms with Gasteiger partial charge in [-0.05, 0) is 6.42 Å². The summed E-state index contributed by atoms with van der Waals surface area (Å²) < 4.78 is 0. The molecule has 15 heavy (non-hydrogen) atoms. The van der Waals surface area contributed by atoms with Crippen LogP contribution in [0.5, 0.6) is 0 Å². The number of carbonyl (C=O) groups is 3. The van der Waals surface area contributed by atoms with Crippen LogP contribution in [0, 0.1) is 0 Å². The maximum Gasteiger partial charge on any atom is 0.326 e. The van der Waals surface area contributed by atoms with E-state index in [0.717, 1.165) is 11.3 Å². The Kier molecular flexibility index (Phi) is 3.82. The maximum absolute atomic E-state index is 11.3. The minimum atomic E-state index is -1.09. The fraction of sp³-hybridized carbons (Fsp3) is 0.700. The quantitative estimate of drug-likeness (QED) is 0.685. The SMILES string of the molecule is CCCCC(C(=O)O)N1C(=O)CCC1=O. The van der Waals surface area contributed by atoms with Crippen LogP contribution < -0.4 is 0 Å². The van der Waals surface area contributed by atoms with Gasteiger partial charge in [0.25, 0.3) is 0 Å². The van der Waals surface area contributed by atoms with Gasteiger partial charge in [-0.15, -0.1) is 0 Å². The zero-order valence-corrected chi connectivity index (χ0v) is 8.73.